The molecule has 1 amide bonds. The predicted octanol–water partition coefficient (Wildman–Crippen LogP) is 0.981. The largest absolute Gasteiger partial charge is 0.862 e. The van der Waals surface area contributed by atoms with Gasteiger partial charge < -0.3 is 10.4 Å². The second kappa shape index (κ2) is 10.1. The Morgan fingerprint density at radius 2 is 2.07 bits per heavy atom. The van der Waals surface area contributed by atoms with Crippen LogP contribution in [-0.4, -0.2) is 59.8 Å². The number of aromatic nitrogens is 2. The molecule has 0 saturated carbocycles. The minimum atomic E-state index is -0.348. The van der Waals surface area contributed by atoms with Gasteiger partial charge in [0.2, 0.25) is 5.27 Å². The van der Waals surface area contributed by atoms with E-state index in [9.17, 15) is 9.90 Å². The number of amides is 1. The Morgan fingerprint density at radius 1 is 1.32 bits per heavy atom. The number of benzene rings is 1. The number of anilines is 1. The zero-order valence-corrected chi connectivity index (χ0v) is 16.6. The van der Waals surface area contributed by atoms with Crippen LogP contribution in [0.5, 0.6) is 0 Å². The first kappa shape index (κ1) is 20.2. The summed E-state index contributed by atoms with van der Waals surface area (Å²) in [6.07, 6.45) is 1.75. The van der Waals surface area contributed by atoms with Crippen LogP contribution < -0.4 is 20.2 Å². The number of hydrogen-bond donors (Lipinski definition) is 1. The molecule has 1 aliphatic heterocycles. The first-order valence-corrected chi connectivity index (χ1v) is 10.2. The molecule has 150 valence electrons. The van der Waals surface area contributed by atoms with Crippen molar-refractivity contribution in [2.45, 2.75) is 13.3 Å². The van der Waals surface area contributed by atoms with Crippen LogP contribution in [0.3, 0.4) is 0 Å². The summed E-state index contributed by atoms with van der Waals surface area (Å²) in [5.41, 5.74) is 0.724. The number of aliphatic imine (C=N–C) groups is 1. The van der Waals surface area contributed by atoms with Gasteiger partial charge in [-0.25, -0.2) is 4.99 Å². The standard InChI is InChI=1S/C18H24N6O3S/c1-2-22-9-11-23(12-10-22)24-14-17(27-21-24)20-16(25)8-13-28-18(26)19-15-6-4-3-5-7-15/h3-7,14H,2,8-13H2,1H3,(H-,19,20,21,25,26). The Morgan fingerprint density at radius 3 is 2.79 bits per heavy atom. The summed E-state index contributed by atoms with van der Waals surface area (Å²) in [6.45, 7) is 6.78. The molecule has 1 N–H and O–H groups in total. The fourth-order valence-electron chi connectivity index (χ4n) is 2.76. The second-order valence-electron chi connectivity index (χ2n) is 6.23. The Hall–Kier alpha value is -2.59. The molecule has 3 rings (SSSR count). The molecule has 1 fully saturated rings. The molecular weight excluding hydrogens is 380 g/mol. The summed E-state index contributed by atoms with van der Waals surface area (Å²) in [7, 11) is 0. The molecule has 0 unspecified atom stereocenters. The summed E-state index contributed by atoms with van der Waals surface area (Å²) >= 11 is 1.05. The number of carbonyl (C=O) groups excluding carboxylic acids is 1. The third kappa shape index (κ3) is 5.96. The van der Waals surface area contributed by atoms with Crippen molar-refractivity contribution in [3.05, 3.63) is 36.5 Å². The zero-order valence-electron chi connectivity index (χ0n) is 15.8. The fourth-order valence-corrected chi connectivity index (χ4v) is 3.41. The zero-order chi connectivity index (χ0) is 19.8. The van der Waals surface area contributed by atoms with Crippen molar-refractivity contribution >= 4 is 34.5 Å². The monoisotopic (exact) mass is 404 g/mol. The number of thioether (sulfide) groups is 1. The molecule has 28 heavy (non-hydrogen) atoms. The molecule has 0 radical (unpaired) electrons. The van der Waals surface area contributed by atoms with Crippen LogP contribution in [0.25, 0.3) is 0 Å². The molecular formula is C18H24N6O3S. The number of nitrogens with zero attached hydrogens (tertiary/aromatic N) is 5. The van der Waals surface area contributed by atoms with Gasteiger partial charge in [-0.3, -0.25) is 14.2 Å². The van der Waals surface area contributed by atoms with Crippen molar-refractivity contribution in [1.82, 2.24) is 10.2 Å². The molecule has 0 aliphatic carbocycles. The van der Waals surface area contributed by atoms with Gasteiger partial charge in [-0.1, -0.05) is 36.9 Å². The fraction of sp³-hybridized carbons (Fsp3) is 0.444. The minimum absolute atomic E-state index is 0.142. The molecule has 9 nitrogen and oxygen atoms in total. The third-order valence-corrected chi connectivity index (χ3v) is 5.11. The number of nitrogens with one attached hydrogen (secondary N) is 1. The van der Waals surface area contributed by atoms with Crippen molar-refractivity contribution in [1.29, 1.82) is 0 Å². The van der Waals surface area contributed by atoms with E-state index in [4.69, 9.17) is 4.52 Å². The number of hydrogen-bond acceptors (Lipinski definition) is 8. The van der Waals surface area contributed by atoms with Crippen LogP contribution >= 0.6 is 11.8 Å². The maximum atomic E-state index is 12.0. The number of carbonyl (C=O) groups is 1. The third-order valence-electron chi connectivity index (χ3n) is 4.33. The van der Waals surface area contributed by atoms with E-state index in [1.807, 2.05) is 23.2 Å². The molecule has 1 aromatic heterocycles. The van der Waals surface area contributed by atoms with Crippen molar-refractivity contribution in [2.24, 2.45) is 4.99 Å². The Balaban J connectivity index is 1.43. The highest BCUT2D eigenvalue weighted by Gasteiger charge is 2.25. The number of rotatable bonds is 7. The molecule has 0 spiro atoms. The lowest BCUT2D eigenvalue weighted by molar-refractivity contribution is -0.759. The SMILES string of the molecule is CCN1CCN([n+]2cc(N=C([O-])CCSC(=O)Nc3ccccc3)on2)CC1. The quantitative estimate of drug-likeness (QED) is 0.417. The van der Waals surface area contributed by atoms with Gasteiger partial charge in [0.05, 0.1) is 17.9 Å². The molecule has 1 saturated heterocycles. The van der Waals surface area contributed by atoms with E-state index in [1.165, 1.54) is 0 Å². The van der Waals surface area contributed by atoms with Crippen LogP contribution in [-0.2, 0) is 0 Å². The molecule has 2 aromatic rings. The average Bonchev–Trinajstić information content (AvgIpc) is 3.17. The maximum Gasteiger partial charge on any atom is 0.324 e. The summed E-state index contributed by atoms with van der Waals surface area (Å²) in [4.78, 5) is 19.7. The van der Waals surface area contributed by atoms with E-state index < -0.39 is 0 Å². The van der Waals surface area contributed by atoms with E-state index in [2.05, 4.69) is 27.4 Å². The van der Waals surface area contributed by atoms with E-state index in [0.29, 0.717) is 5.75 Å². The van der Waals surface area contributed by atoms with Gasteiger partial charge >= 0.3 is 5.88 Å². The Kier molecular flexibility index (Phi) is 7.26. The van der Waals surface area contributed by atoms with Crippen LogP contribution in [0.2, 0.25) is 0 Å². The van der Waals surface area contributed by atoms with Crippen molar-refractivity contribution in [3.8, 4) is 0 Å². The lowest BCUT2D eigenvalue weighted by Gasteiger charge is -2.28. The first-order valence-electron chi connectivity index (χ1n) is 9.23. The molecule has 1 aromatic carbocycles. The highest BCUT2D eigenvalue weighted by atomic mass is 32.2. The van der Waals surface area contributed by atoms with Crippen LogP contribution in [0.15, 0.2) is 46.0 Å². The number of piperazine rings is 1. The average molecular weight is 404 g/mol. The van der Waals surface area contributed by atoms with Crippen LogP contribution in [0.1, 0.15) is 13.3 Å². The highest BCUT2D eigenvalue weighted by molar-refractivity contribution is 8.13. The van der Waals surface area contributed by atoms with Gasteiger partial charge in [-0.2, -0.15) is 5.01 Å². The van der Waals surface area contributed by atoms with Crippen LogP contribution in [0.4, 0.5) is 16.4 Å². The van der Waals surface area contributed by atoms with Gasteiger partial charge in [0.1, 0.15) is 0 Å². The normalized spacial score (nSPS) is 15.6. The summed E-state index contributed by atoms with van der Waals surface area (Å²) in [5.74, 6) is 0.162. The van der Waals surface area contributed by atoms with Gasteiger partial charge in [0.25, 0.3) is 11.4 Å². The Labute approximate surface area is 168 Å². The van der Waals surface area contributed by atoms with E-state index in [1.54, 1.807) is 23.1 Å². The van der Waals surface area contributed by atoms with Crippen LogP contribution in [0, 0.1) is 0 Å². The number of likely N-dealkylation sites (N-methyl/N-ethyl adjacent to an activating group) is 1. The van der Waals surface area contributed by atoms with Crippen molar-refractivity contribution < 1.29 is 19.2 Å². The van der Waals surface area contributed by atoms with Gasteiger partial charge in [0, 0.05) is 24.5 Å². The lowest BCUT2D eigenvalue weighted by Crippen LogP contribution is -2.65. The molecule has 0 bridgehead atoms. The maximum absolute atomic E-state index is 12.0. The molecule has 10 heteroatoms. The topological polar surface area (TPSA) is 101 Å². The van der Waals surface area contributed by atoms with E-state index in [0.717, 1.165) is 50.2 Å². The highest BCUT2D eigenvalue weighted by Crippen LogP contribution is 2.13. The Bertz CT molecular complexity index is 790. The van der Waals surface area contributed by atoms with E-state index >= 15 is 0 Å². The summed E-state index contributed by atoms with van der Waals surface area (Å²) < 4.78 is 5.13. The number of para-hydroxylation sites is 1. The lowest BCUT2D eigenvalue weighted by atomic mass is 10.3. The van der Waals surface area contributed by atoms with Crippen molar-refractivity contribution in [2.75, 3.05) is 48.8 Å². The first-order chi connectivity index (χ1) is 13.6. The molecule has 2 heterocycles. The van der Waals surface area contributed by atoms with Gasteiger partial charge in [0.15, 0.2) is 0 Å². The smallest absolute Gasteiger partial charge is 0.324 e. The second-order valence-corrected chi connectivity index (χ2v) is 7.30. The summed E-state index contributed by atoms with van der Waals surface area (Å²) in [6, 6.07) is 9.17. The van der Waals surface area contributed by atoms with Crippen molar-refractivity contribution in [3.63, 3.8) is 0 Å². The van der Waals surface area contributed by atoms with E-state index in [-0.39, 0.29) is 23.4 Å². The molecule has 0 atom stereocenters. The van der Waals surface area contributed by atoms with Gasteiger partial charge in [-0.05, 0) is 31.0 Å². The predicted molar refractivity (Wildman–Crippen MR) is 106 cm³/mol. The summed E-state index contributed by atoms with van der Waals surface area (Å²) in [5, 5.41) is 20.5. The molecule has 1 aliphatic rings. The minimum Gasteiger partial charge on any atom is -0.862 e. The van der Waals surface area contributed by atoms with Gasteiger partial charge in [-0.15, -0.1) is 0 Å².